The van der Waals surface area contributed by atoms with Gasteiger partial charge in [0, 0.05) is 23.4 Å². The van der Waals surface area contributed by atoms with Gasteiger partial charge in [-0.1, -0.05) is 51.1 Å². The van der Waals surface area contributed by atoms with Crippen LogP contribution in [0.1, 0.15) is 26.3 Å². The molecule has 0 unspecified atom stereocenters. The molecule has 0 spiro atoms. The summed E-state index contributed by atoms with van der Waals surface area (Å²) in [5, 5.41) is 12.7. The van der Waals surface area contributed by atoms with Crippen molar-refractivity contribution in [1.82, 2.24) is 5.32 Å². The summed E-state index contributed by atoms with van der Waals surface area (Å²) in [6.45, 7) is 12.1. The smallest absolute Gasteiger partial charge is 0.250 e. The van der Waals surface area contributed by atoms with Gasteiger partial charge in [-0.25, -0.2) is 0 Å². The van der Waals surface area contributed by atoms with Gasteiger partial charge >= 0.3 is 0 Å². The van der Waals surface area contributed by atoms with Crippen molar-refractivity contribution < 1.29 is 4.43 Å². The van der Waals surface area contributed by atoms with Crippen molar-refractivity contribution in [2.75, 3.05) is 12.3 Å². The summed E-state index contributed by atoms with van der Waals surface area (Å²) in [5.41, 5.74) is 6.63. The molecule has 0 aliphatic rings. The average Bonchev–Trinajstić information content (AvgIpc) is 2.53. The van der Waals surface area contributed by atoms with Crippen LogP contribution in [0.4, 0.5) is 0 Å². The third-order valence-electron chi connectivity index (χ3n) is 4.96. The molecule has 0 bridgehead atoms. The Morgan fingerprint density at radius 2 is 1.81 bits per heavy atom. The Morgan fingerprint density at radius 1 is 1.15 bits per heavy atom. The van der Waals surface area contributed by atoms with Crippen molar-refractivity contribution in [2.45, 2.75) is 44.7 Å². The molecule has 0 amide bonds. The molecule has 0 atom stereocenters. The number of nitrogens with one attached hydrogen (secondary N) is 2. The number of hydrogen-bond acceptors (Lipinski definition) is 3. The largest absolute Gasteiger partial charge is 0.543 e. The van der Waals surface area contributed by atoms with Crippen molar-refractivity contribution in [1.29, 1.82) is 5.41 Å². The second-order valence-corrected chi connectivity index (χ2v) is 13.9. The fourth-order valence-electron chi connectivity index (χ4n) is 2.43. The lowest BCUT2D eigenvalue weighted by molar-refractivity contribution is 0.496. The van der Waals surface area contributed by atoms with Crippen LogP contribution in [0.3, 0.4) is 0 Å². The van der Waals surface area contributed by atoms with Crippen LogP contribution in [0.25, 0.3) is 10.8 Å². The Hall–Kier alpha value is -1.66. The summed E-state index contributed by atoms with van der Waals surface area (Å²) < 4.78 is 6.59. The molecule has 2 aromatic rings. The minimum atomic E-state index is -1.87. The summed E-state index contributed by atoms with van der Waals surface area (Å²) in [6, 6.07) is 12.8. The molecule has 0 radical (unpaired) electrons. The van der Waals surface area contributed by atoms with E-state index in [0.29, 0.717) is 6.54 Å². The van der Waals surface area contributed by atoms with Crippen LogP contribution in [-0.4, -0.2) is 26.6 Å². The van der Waals surface area contributed by atoms with Crippen LogP contribution < -0.4 is 15.5 Å². The maximum absolute atomic E-state index is 7.19. The first kappa shape index (κ1) is 20.6. The van der Waals surface area contributed by atoms with E-state index in [0.717, 1.165) is 17.3 Å². The number of hydrogen-bond donors (Lipinski definition) is 3. The lowest BCUT2D eigenvalue weighted by atomic mass is 10.1. The van der Waals surface area contributed by atoms with E-state index in [2.05, 4.69) is 75.6 Å². The average molecular weight is 390 g/mol. The molecule has 4 N–H and O–H groups in total. The van der Waals surface area contributed by atoms with Crippen LogP contribution in [-0.2, 0) is 5.75 Å². The molecule has 0 fully saturated rings. The molecule has 0 saturated carbocycles. The molecule has 0 heterocycles. The maximum atomic E-state index is 7.19. The second-order valence-electron chi connectivity index (χ2n) is 8.02. The molecule has 4 nitrogen and oxygen atoms in total. The molecule has 26 heavy (non-hydrogen) atoms. The van der Waals surface area contributed by atoms with Gasteiger partial charge < -0.3 is 15.5 Å². The van der Waals surface area contributed by atoms with Gasteiger partial charge in [0.05, 0.1) is 0 Å². The highest BCUT2D eigenvalue weighted by Crippen LogP contribution is 2.39. The van der Waals surface area contributed by atoms with E-state index in [9.17, 15) is 0 Å². The van der Waals surface area contributed by atoms with Crippen LogP contribution in [0.5, 0.6) is 5.75 Å². The molecule has 0 aromatic heterocycles. The number of fused-ring (bicyclic) bond motifs is 1. The van der Waals surface area contributed by atoms with Crippen LogP contribution in [0.15, 0.2) is 36.4 Å². The van der Waals surface area contributed by atoms with E-state index in [1.54, 1.807) is 0 Å². The standard InChI is InChI=1S/C20H31N3OSSi/c1-20(2,3)26(4,5)24-18-11-7-9-16-15(8-6-10-17(16)18)14-25-13-12-23-19(21)22/h6-11H,12-14H2,1-5H3,(H4,21,22,23). The van der Waals surface area contributed by atoms with Crippen LogP contribution in [0.2, 0.25) is 18.1 Å². The lowest BCUT2D eigenvalue weighted by Gasteiger charge is -2.36. The third kappa shape index (κ3) is 5.17. The van der Waals surface area contributed by atoms with Crippen LogP contribution >= 0.6 is 11.8 Å². The molecule has 6 heteroatoms. The van der Waals surface area contributed by atoms with E-state index in [-0.39, 0.29) is 11.0 Å². The van der Waals surface area contributed by atoms with E-state index in [4.69, 9.17) is 15.6 Å². The van der Waals surface area contributed by atoms with Crippen molar-refractivity contribution in [2.24, 2.45) is 5.73 Å². The summed E-state index contributed by atoms with van der Waals surface area (Å²) in [5.74, 6) is 2.87. The van der Waals surface area contributed by atoms with Gasteiger partial charge in [-0.15, -0.1) is 0 Å². The number of nitrogens with two attached hydrogens (primary N) is 1. The molecule has 2 aromatic carbocycles. The summed E-state index contributed by atoms with van der Waals surface area (Å²) in [4.78, 5) is 0. The first-order valence-corrected chi connectivity index (χ1v) is 13.0. The quantitative estimate of drug-likeness (QED) is 0.271. The minimum absolute atomic E-state index is 0.0307. The predicted octanol–water partition coefficient (Wildman–Crippen LogP) is 4.94. The van der Waals surface area contributed by atoms with Crippen molar-refractivity contribution in [3.63, 3.8) is 0 Å². The summed E-state index contributed by atoms with van der Waals surface area (Å²) in [7, 11) is -1.87. The van der Waals surface area contributed by atoms with Gasteiger partial charge in [-0.2, -0.15) is 11.8 Å². The summed E-state index contributed by atoms with van der Waals surface area (Å²) in [6.07, 6.45) is 0. The Bertz CT molecular complexity index is 771. The fraction of sp³-hybridized carbons (Fsp3) is 0.450. The van der Waals surface area contributed by atoms with Gasteiger partial charge in [0.25, 0.3) is 8.32 Å². The van der Waals surface area contributed by atoms with Crippen molar-refractivity contribution in [3.05, 3.63) is 42.0 Å². The van der Waals surface area contributed by atoms with E-state index >= 15 is 0 Å². The van der Waals surface area contributed by atoms with E-state index in [1.165, 1.54) is 16.3 Å². The highest BCUT2D eigenvalue weighted by atomic mass is 32.2. The zero-order valence-corrected chi connectivity index (χ0v) is 18.3. The van der Waals surface area contributed by atoms with E-state index in [1.807, 2.05) is 11.8 Å². The molecular formula is C20H31N3OSSi. The minimum Gasteiger partial charge on any atom is -0.543 e. The monoisotopic (exact) mass is 389 g/mol. The number of benzene rings is 2. The first-order chi connectivity index (χ1) is 12.1. The number of rotatable bonds is 7. The molecule has 0 aliphatic heterocycles. The van der Waals surface area contributed by atoms with E-state index < -0.39 is 8.32 Å². The van der Waals surface area contributed by atoms with Gasteiger partial charge in [0.2, 0.25) is 0 Å². The number of guanidine groups is 1. The van der Waals surface area contributed by atoms with Crippen molar-refractivity contribution >= 4 is 36.8 Å². The Kier molecular flexibility index (Phi) is 6.63. The van der Waals surface area contributed by atoms with Gasteiger partial charge in [-0.3, -0.25) is 5.41 Å². The van der Waals surface area contributed by atoms with Gasteiger partial charge in [-0.05, 0) is 35.1 Å². The topological polar surface area (TPSA) is 71.1 Å². The molecule has 0 saturated heterocycles. The zero-order chi connectivity index (χ0) is 19.4. The number of thioether (sulfide) groups is 1. The fourth-order valence-corrected chi connectivity index (χ4v) is 4.33. The molecule has 2 rings (SSSR count). The first-order valence-electron chi connectivity index (χ1n) is 8.97. The van der Waals surface area contributed by atoms with Gasteiger partial charge in [0.1, 0.15) is 5.75 Å². The molecular weight excluding hydrogens is 358 g/mol. The highest BCUT2D eigenvalue weighted by Gasteiger charge is 2.39. The molecule has 142 valence electrons. The lowest BCUT2D eigenvalue weighted by Crippen LogP contribution is -2.43. The highest BCUT2D eigenvalue weighted by molar-refractivity contribution is 7.98. The third-order valence-corrected chi connectivity index (χ3v) is 10.3. The zero-order valence-electron chi connectivity index (χ0n) is 16.5. The molecule has 0 aliphatic carbocycles. The predicted molar refractivity (Wildman–Crippen MR) is 118 cm³/mol. The van der Waals surface area contributed by atoms with Crippen molar-refractivity contribution in [3.8, 4) is 5.75 Å². The Balaban J connectivity index is 2.19. The van der Waals surface area contributed by atoms with Crippen LogP contribution in [0, 0.1) is 5.41 Å². The second kappa shape index (κ2) is 8.35. The SMILES string of the molecule is CC(C)(C)[Si](C)(C)Oc1cccc2c(CSCCNC(=N)N)cccc12. The Labute approximate surface area is 162 Å². The Morgan fingerprint density at radius 3 is 2.46 bits per heavy atom. The summed E-state index contributed by atoms with van der Waals surface area (Å²) >= 11 is 1.84. The van der Waals surface area contributed by atoms with Gasteiger partial charge in [0.15, 0.2) is 5.96 Å². The maximum Gasteiger partial charge on any atom is 0.250 e. The normalized spacial score (nSPS) is 12.2.